The number of amides is 2. The summed E-state index contributed by atoms with van der Waals surface area (Å²) in [6.45, 7) is 9.20. The fourth-order valence-electron chi connectivity index (χ4n) is 4.37. The first kappa shape index (κ1) is 31.2. The van der Waals surface area contributed by atoms with Gasteiger partial charge in [0, 0.05) is 17.6 Å². The number of hydrogen-bond acceptors (Lipinski definition) is 4. The molecule has 3 rings (SSSR count). The van der Waals surface area contributed by atoms with Gasteiger partial charge in [-0.05, 0) is 69.5 Å². The second kappa shape index (κ2) is 13.8. The third-order valence-electron chi connectivity index (χ3n) is 6.81. The van der Waals surface area contributed by atoms with E-state index in [2.05, 4.69) is 5.32 Å². The van der Waals surface area contributed by atoms with Gasteiger partial charge in [-0.2, -0.15) is 0 Å². The minimum atomic E-state index is -4.14. The quantitative estimate of drug-likeness (QED) is 0.289. The molecule has 2 amide bonds. The van der Waals surface area contributed by atoms with Crippen LogP contribution in [0.15, 0.2) is 77.7 Å². The van der Waals surface area contributed by atoms with Crippen molar-refractivity contribution in [3.63, 3.8) is 0 Å². The molecule has 0 aliphatic rings. The van der Waals surface area contributed by atoms with Crippen molar-refractivity contribution in [1.82, 2.24) is 10.2 Å². The van der Waals surface area contributed by atoms with Crippen LogP contribution in [0.1, 0.15) is 50.3 Å². The summed E-state index contributed by atoms with van der Waals surface area (Å²) < 4.78 is 28.9. The van der Waals surface area contributed by atoms with Crippen LogP contribution < -0.4 is 9.62 Å². The number of carbonyl (C=O) groups is 2. The van der Waals surface area contributed by atoms with Gasteiger partial charge in [0.25, 0.3) is 10.0 Å². The maximum atomic E-state index is 14.1. The zero-order chi connectivity index (χ0) is 29.4. The largest absolute Gasteiger partial charge is 0.352 e. The van der Waals surface area contributed by atoms with Gasteiger partial charge in [0.05, 0.1) is 10.6 Å². The van der Waals surface area contributed by atoms with Crippen LogP contribution in [-0.2, 0) is 26.2 Å². The van der Waals surface area contributed by atoms with Gasteiger partial charge in [0.2, 0.25) is 11.8 Å². The fraction of sp³-hybridized carbons (Fsp3) is 0.355. The normalized spacial score (nSPS) is 12.8. The number of carbonyl (C=O) groups excluding carboxylic acids is 2. The van der Waals surface area contributed by atoms with Crippen LogP contribution in [0.4, 0.5) is 5.69 Å². The number of hydrogen-bond donors (Lipinski definition) is 1. The van der Waals surface area contributed by atoms with Crippen molar-refractivity contribution < 1.29 is 18.0 Å². The highest BCUT2D eigenvalue weighted by atomic mass is 35.5. The summed E-state index contributed by atoms with van der Waals surface area (Å²) in [4.78, 5) is 29.0. The molecule has 0 aromatic heterocycles. The van der Waals surface area contributed by atoms with Crippen molar-refractivity contribution in [2.45, 2.75) is 71.0 Å². The topological polar surface area (TPSA) is 86.8 Å². The zero-order valence-electron chi connectivity index (χ0n) is 23.7. The van der Waals surface area contributed by atoms with Crippen molar-refractivity contribution in [1.29, 1.82) is 0 Å². The molecule has 0 radical (unpaired) electrons. The fourth-order valence-corrected chi connectivity index (χ4v) is 5.96. The number of nitrogens with one attached hydrogen (secondary N) is 1. The third-order valence-corrected chi connectivity index (χ3v) is 8.83. The summed E-state index contributed by atoms with van der Waals surface area (Å²) in [6, 6.07) is 19.7. The summed E-state index contributed by atoms with van der Waals surface area (Å²) in [6.07, 6.45) is 1.10. The van der Waals surface area contributed by atoms with E-state index in [-0.39, 0.29) is 29.1 Å². The van der Waals surface area contributed by atoms with E-state index in [9.17, 15) is 18.0 Å². The van der Waals surface area contributed by atoms with Gasteiger partial charge in [0.1, 0.15) is 12.6 Å². The van der Waals surface area contributed by atoms with Crippen LogP contribution in [-0.4, -0.2) is 43.8 Å². The molecule has 0 unspecified atom stereocenters. The van der Waals surface area contributed by atoms with Gasteiger partial charge in [-0.15, -0.1) is 0 Å². The van der Waals surface area contributed by atoms with Crippen molar-refractivity contribution in [3.8, 4) is 0 Å². The highest BCUT2D eigenvalue weighted by molar-refractivity contribution is 7.92. The maximum absolute atomic E-state index is 14.1. The summed E-state index contributed by atoms with van der Waals surface area (Å²) in [5, 5.41) is 3.32. The predicted molar refractivity (Wildman–Crippen MR) is 161 cm³/mol. The molecule has 1 N–H and O–H groups in total. The van der Waals surface area contributed by atoms with Crippen LogP contribution >= 0.6 is 11.6 Å². The molecule has 0 spiro atoms. The molecule has 0 aliphatic carbocycles. The summed E-state index contributed by atoms with van der Waals surface area (Å²) in [7, 11) is -4.14. The highest BCUT2D eigenvalue weighted by Gasteiger charge is 2.34. The van der Waals surface area contributed by atoms with E-state index >= 15 is 0 Å². The average Bonchev–Trinajstić information content (AvgIpc) is 2.91. The van der Waals surface area contributed by atoms with E-state index in [0.717, 1.165) is 27.4 Å². The molecule has 9 heteroatoms. The first-order valence-electron chi connectivity index (χ1n) is 13.5. The molecule has 0 fully saturated rings. The van der Waals surface area contributed by atoms with Gasteiger partial charge in [-0.25, -0.2) is 8.42 Å². The number of sulfonamides is 1. The van der Waals surface area contributed by atoms with Gasteiger partial charge < -0.3 is 10.2 Å². The van der Waals surface area contributed by atoms with Gasteiger partial charge in [-0.3, -0.25) is 13.9 Å². The Hall–Kier alpha value is -3.36. The van der Waals surface area contributed by atoms with Crippen LogP contribution in [0.2, 0.25) is 5.02 Å². The number of anilines is 1. The molecule has 0 heterocycles. The lowest BCUT2D eigenvalue weighted by Gasteiger charge is -2.33. The molecular formula is C31H38ClN3O4S. The molecule has 7 nitrogen and oxygen atoms in total. The van der Waals surface area contributed by atoms with Crippen LogP contribution in [0.25, 0.3) is 0 Å². The standard InChI is InChI=1S/C31H38ClN3O4S/c1-6-24(5)33-31(37)29(7-2)34(20-25-11-8-10-23(4)18-25)30(36)21-35(27-13-9-12-26(32)19-27)40(38,39)28-16-14-22(3)15-17-28/h8-19,24,29H,6-7,20-21H2,1-5H3,(H,33,37)/t24-,29+/m0/s1. The molecule has 3 aromatic carbocycles. The SMILES string of the molecule is CC[C@H](C(=O)N[C@@H](C)CC)N(Cc1cccc(C)c1)C(=O)CN(c1cccc(Cl)c1)S(=O)(=O)c1ccc(C)cc1. The van der Waals surface area contributed by atoms with E-state index in [1.165, 1.54) is 23.1 Å². The lowest BCUT2D eigenvalue weighted by Crippen LogP contribution is -2.53. The molecule has 0 saturated heterocycles. The summed E-state index contributed by atoms with van der Waals surface area (Å²) in [5.41, 5.74) is 3.03. The van der Waals surface area contributed by atoms with Crippen molar-refractivity contribution in [2.75, 3.05) is 10.8 Å². The van der Waals surface area contributed by atoms with Crippen LogP contribution in [0.5, 0.6) is 0 Å². The molecule has 0 aliphatic heterocycles. The Kier molecular flexibility index (Phi) is 10.8. The minimum absolute atomic E-state index is 0.0534. The van der Waals surface area contributed by atoms with Gasteiger partial charge in [0.15, 0.2) is 0 Å². The predicted octanol–water partition coefficient (Wildman–Crippen LogP) is 5.87. The number of aryl methyl sites for hydroxylation is 2. The molecule has 2 atom stereocenters. The van der Waals surface area contributed by atoms with Crippen molar-refractivity contribution in [2.24, 2.45) is 0 Å². The van der Waals surface area contributed by atoms with Crippen LogP contribution in [0, 0.1) is 13.8 Å². The summed E-state index contributed by atoms with van der Waals surface area (Å²) >= 11 is 6.23. The monoisotopic (exact) mass is 583 g/mol. The number of rotatable bonds is 12. The smallest absolute Gasteiger partial charge is 0.264 e. The Morgan fingerprint density at radius 3 is 2.17 bits per heavy atom. The Morgan fingerprint density at radius 1 is 0.900 bits per heavy atom. The average molecular weight is 584 g/mol. The molecule has 0 bridgehead atoms. The molecule has 40 heavy (non-hydrogen) atoms. The van der Waals surface area contributed by atoms with E-state index < -0.39 is 28.5 Å². The lowest BCUT2D eigenvalue weighted by molar-refractivity contribution is -0.140. The first-order valence-corrected chi connectivity index (χ1v) is 15.3. The highest BCUT2D eigenvalue weighted by Crippen LogP contribution is 2.27. The maximum Gasteiger partial charge on any atom is 0.264 e. The number of benzene rings is 3. The Morgan fingerprint density at radius 2 is 1.57 bits per heavy atom. The van der Waals surface area contributed by atoms with E-state index in [0.29, 0.717) is 11.4 Å². The summed E-state index contributed by atoms with van der Waals surface area (Å²) in [5.74, 6) is -0.767. The Labute approximate surface area is 243 Å². The molecule has 3 aromatic rings. The molecule has 0 saturated carbocycles. The number of halogens is 1. The van der Waals surface area contributed by atoms with Crippen molar-refractivity contribution in [3.05, 3.63) is 94.5 Å². The first-order chi connectivity index (χ1) is 19.0. The van der Waals surface area contributed by atoms with E-state index in [1.807, 2.05) is 58.9 Å². The Balaban J connectivity index is 2.06. The molecular weight excluding hydrogens is 546 g/mol. The zero-order valence-corrected chi connectivity index (χ0v) is 25.3. The Bertz CT molecular complexity index is 1430. The van der Waals surface area contributed by atoms with E-state index in [4.69, 9.17) is 11.6 Å². The lowest BCUT2D eigenvalue weighted by atomic mass is 10.1. The van der Waals surface area contributed by atoms with Gasteiger partial charge >= 0.3 is 0 Å². The third kappa shape index (κ3) is 7.86. The number of nitrogens with zero attached hydrogens (tertiary/aromatic N) is 2. The van der Waals surface area contributed by atoms with Gasteiger partial charge in [-0.1, -0.05) is 79.0 Å². The second-order valence-corrected chi connectivity index (χ2v) is 12.4. The minimum Gasteiger partial charge on any atom is -0.352 e. The molecule has 214 valence electrons. The van der Waals surface area contributed by atoms with Crippen LogP contribution in [0.3, 0.4) is 0 Å². The van der Waals surface area contributed by atoms with Crippen molar-refractivity contribution >= 4 is 39.1 Å². The second-order valence-electron chi connectivity index (χ2n) is 10.1. The van der Waals surface area contributed by atoms with E-state index in [1.54, 1.807) is 30.3 Å².